The summed E-state index contributed by atoms with van der Waals surface area (Å²) in [6, 6.07) is 4.04. The number of nitrogens with one attached hydrogen (secondary N) is 1. The molecule has 2 aromatic heterocycles. The fraction of sp³-hybridized carbons (Fsp3) is 0.643. The Bertz CT molecular complexity index is 632. The summed E-state index contributed by atoms with van der Waals surface area (Å²) in [5.41, 5.74) is 0.970. The SMILES string of the molecule is Cc1cc(NC2CC(C)N(C3CC3)C2)n2ncnc2n1. The molecule has 6 heteroatoms. The Morgan fingerprint density at radius 2 is 2.20 bits per heavy atom. The molecule has 20 heavy (non-hydrogen) atoms. The van der Waals surface area contributed by atoms with E-state index in [0.29, 0.717) is 17.9 Å². The Balaban J connectivity index is 1.57. The van der Waals surface area contributed by atoms with Gasteiger partial charge in [-0.15, -0.1) is 0 Å². The second-order valence-corrected chi connectivity index (χ2v) is 6.11. The minimum absolute atomic E-state index is 0.486. The van der Waals surface area contributed by atoms with Gasteiger partial charge in [0.25, 0.3) is 5.78 Å². The van der Waals surface area contributed by atoms with Crippen LogP contribution in [0, 0.1) is 6.92 Å². The zero-order valence-corrected chi connectivity index (χ0v) is 12.0. The average molecular weight is 272 g/mol. The Hall–Kier alpha value is -1.69. The minimum atomic E-state index is 0.486. The van der Waals surface area contributed by atoms with Crippen LogP contribution in [-0.4, -0.2) is 49.2 Å². The van der Waals surface area contributed by atoms with Crippen LogP contribution in [0.5, 0.6) is 0 Å². The van der Waals surface area contributed by atoms with E-state index in [1.165, 1.54) is 19.3 Å². The molecule has 1 aliphatic heterocycles. The van der Waals surface area contributed by atoms with Gasteiger partial charge in [-0.25, -0.2) is 4.98 Å². The fourth-order valence-electron chi connectivity index (χ4n) is 3.32. The number of rotatable bonds is 3. The lowest BCUT2D eigenvalue weighted by molar-refractivity contribution is 0.257. The summed E-state index contributed by atoms with van der Waals surface area (Å²) in [4.78, 5) is 11.2. The van der Waals surface area contributed by atoms with E-state index in [1.807, 2.05) is 13.0 Å². The van der Waals surface area contributed by atoms with Crippen molar-refractivity contribution in [2.75, 3.05) is 11.9 Å². The molecule has 0 amide bonds. The van der Waals surface area contributed by atoms with Gasteiger partial charge in [-0.3, -0.25) is 4.90 Å². The summed E-state index contributed by atoms with van der Waals surface area (Å²) in [5, 5.41) is 7.89. The van der Waals surface area contributed by atoms with Crippen molar-refractivity contribution < 1.29 is 0 Å². The largest absolute Gasteiger partial charge is 0.366 e. The summed E-state index contributed by atoms with van der Waals surface area (Å²) < 4.78 is 1.79. The van der Waals surface area contributed by atoms with Crippen LogP contribution in [0.4, 0.5) is 5.82 Å². The van der Waals surface area contributed by atoms with Gasteiger partial charge >= 0.3 is 0 Å². The smallest absolute Gasteiger partial charge is 0.254 e. The molecule has 0 spiro atoms. The highest BCUT2D eigenvalue weighted by Crippen LogP contribution is 2.34. The molecule has 0 aromatic carbocycles. The summed E-state index contributed by atoms with van der Waals surface area (Å²) in [6.45, 7) is 5.46. The van der Waals surface area contributed by atoms with Crippen LogP contribution >= 0.6 is 0 Å². The average Bonchev–Trinajstić information content (AvgIpc) is 3.02. The van der Waals surface area contributed by atoms with Gasteiger partial charge in [-0.05, 0) is 33.1 Å². The molecule has 1 saturated heterocycles. The first-order valence-corrected chi connectivity index (χ1v) is 7.40. The van der Waals surface area contributed by atoms with E-state index in [4.69, 9.17) is 0 Å². The minimum Gasteiger partial charge on any atom is -0.366 e. The Morgan fingerprint density at radius 1 is 1.35 bits per heavy atom. The van der Waals surface area contributed by atoms with E-state index in [-0.39, 0.29) is 0 Å². The first-order valence-electron chi connectivity index (χ1n) is 7.40. The maximum atomic E-state index is 4.38. The van der Waals surface area contributed by atoms with Crippen LogP contribution in [0.3, 0.4) is 0 Å². The highest BCUT2D eigenvalue weighted by Gasteiger charge is 2.38. The van der Waals surface area contributed by atoms with Crippen molar-refractivity contribution in [3.63, 3.8) is 0 Å². The maximum Gasteiger partial charge on any atom is 0.254 e. The molecule has 106 valence electrons. The van der Waals surface area contributed by atoms with Gasteiger partial charge in [-0.1, -0.05) is 0 Å². The van der Waals surface area contributed by atoms with Crippen molar-refractivity contribution in [2.45, 2.75) is 51.2 Å². The summed E-state index contributed by atoms with van der Waals surface area (Å²) >= 11 is 0. The van der Waals surface area contributed by atoms with Crippen LogP contribution in [0.1, 0.15) is 31.9 Å². The summed E-state index contributed by atoms with van der Waals surface area (Å²) in [7, 11) is 0. The van der Waals surface area contributed by atoms with Crippen molar-refractivity contribution in [3.05, 3.63) is 18.1 Å². The Labute approximate surface area is 118 Å². The van der Waals surface area contributed by atoms with Gasteiger partial charge in [0.15, 0.2) is 0 Å². The van der Waals surface area contributed by atoms with Crippen molar-refractivity contribution in [1.29, 1.82) is 0 Å². The van der Waals surface area contributed by atoms with Gasteiger partial charge < -0.3 is 5.32 Å². The first-order chi connectivity index (χ1) is 9.70. The Kier molecular flexibility index (Phi) is 2.66. The normalized spacial score (nSPS) is 27.3. The van der Waals surface area contributed by atoms with Crippen LogP contribution in [0.2, 0.25) is 0 Å². The van der Waals surface area contributed by atoms with Gasteiger partial charge in [0.1, 0.15) is 12.1 Å². The number of aromatic nitrogens is 4. The van der Waals surface area contributed by atoms with E-state index in [9.17, 15) is 0 Å². The molecule has 2 aromatic rings. The Morgan fingerprint density at radius 3 is 3.00 bits per heavy atom. The number of hydrogen-bond donors (Lipinski definition) is 1. The van der Waals surface area contributed by atoms with E-state index in [1.54, 1.807) is 10.8 Å². The summed E-state index contributed by atoms with van der Waals surface area (Å²) in [6.07, 6.45) is 5.49. The predicted molar refractivity (Wildman–Crippen MR) is 76.7 cm³/mol. The van der Waals surface area contributed by atoms with Crippen LogP contribution in [-0.2, 0) is 0 Å². The van der Waals surface area contributed by atoms with E-state index in [2.05, 4.69) is 32.2 Å². The standard InChI is InChI=1S/C14H20N6/c1-9-5-13(20-14(17-9)15-8-16-20)18-11-6-10(2)19(7-11)12-3-4-12/h5,8,10-12,18H,3-4,6-7H2,1-2H3. The fourth-order valence-corrected chi connectivity index (χ4v) is 3.32. The van der Waals surface area contributed by atoms with Gasteiger partial charge in [0, 0.05) is 36.4 Å². The number of hydrogen-bond acceptors (Lipinski definition) is 5. The van der Waals surface area contributed by atoms with Crippen LogP contribution in [0.25, 0.3) is 5.78 Å². The molecule has 2 fully saturated rings. The molecule has 0 radical (unpaired) electrons. The monoisotopic (exact) mass is 272 g/mol. The predicted octanol–water partition coefficient (Wildman–Crippen LogP) is 1.47. The quantitative estimate of drug-likeness (QED) is 0.917. The topological polar surface area (TPSA) is 58.4 Å². The van der Waals surface area contributed by atoms with E-state index < -0.39 is 0 Å². The number of likely N-dealkylation sites (tertiary alicyclic amines) is 1. The maximum absolute atomic E-state index is 4.38. The molecule has 6 nitrogen and oxygen atoms in total. The molecule has 1 N–H and O–H groups in total. The molecule has 4 rings (SSSR count). The van der Waals surface area contributed by atoms with Gasteiger partial charge in [-0.2, -0.15) is 14.6 Å². The van der Waals surface area contributed by atoms with Crippen molar-refractivity contribution >= 4 is 11.6 Å². The first kappa shape index (κ1) is 12.1. The molecule has 2 unspecified atom stereocenters. The van der Waals surface area contributed by atoms with Gasteiger partial charge in [0.2, 0.25) is 0 Å². The van der Waals surface area contributed by atoms with Crippen molar-refractivity contribution in [2.24, 2.45) is 0 Å². The molecule has 1 saturated carbocycles. The second-order valence-electron chi connectivity index (χ2n) is 6.11. The third-order valence-corrected chi connectivity index (χ3v) is 4.37. The second kappa shape index (κ2) is 4.41. The zero-order valence-electron chi connectivity index (χ0n) is 12.0. The molecule has 1 aliphatic carbocycles. The number of nitrogens with zero attached hydrogens (tertiary/aromatic N) is 5. The summed E-state index contributed by atoms with van der Waals surface area (Å²) in [5.74, 6) is 1.66. The highest BCUT2D eigenvalue weighted by molar-refractivity contribution is 5.45. The number of anilines is 1. The molecular weight excluding hydrogens is 252 g/mol. The molecule has 2 atom stereocenters. The third-order valence-electron chi connectivity index (χ3n) is 4.37. The lowest BCUT2D eigenvalue weighted by atomic mass is 10.2. The van der Waals surface area contributed by atoms with Crippen LogP contribution in [0.15, 0.2) is 12.4 Å². The van der Waals surface area contributed by atoms with E-state index >= 15 is 0 Å². The lowest BCUT2D eigenvalue weighted by Gasteiger charge is -2.20. The lowest BCUT2D eigenvalue weighted by Crippen LogP contribution is -2.31. The van der Waals surface area contributed by atoms with Crippen molar-refractivity contribution in [3.8, 4) is 0 Å². The zero-order chi connectivity index (χ0) is 13.7. The third kappa shape index (κ3) is 2.04. The molecule has 2 aliphatic rings. The van der Waals surface area contributed by atoms with Crippen LogP contribution < -0.4 is 5.32 Å². The van der Waals surface area contributed by atoms with Gasteiger partial charge in [0.05, 0.1) is 0 Å². The van der Waals surface area contributed by atoms with E-state index in [0.717, 1.165) is 24.1 Å². The highest BCUT2D eigenvalue weighted by atomic mass is 15.4. The molecule has 3 heterocycles. The number of fused-ring (bicyclic) bond motifs is 1. The number of aryl methyl sites for hydroxylation is 1. The molecule has 0 bridgehead atoms. The molecular formula is C14H20N6. The van der Waals surface area contributed by atoms with Crippen molar-refractivity contribution in [1.82, 2.24) is 24.5 Å².